The number of nitrogens with one attached hydrogen (secondary N) is 3. The molecule has 4 fully saturated rings. The molecule has 58 heavy (non-hydrogen) atoms. The molecule has 3 amide bonds. The van der Waals surface area contributed by atoms with Crippen molar-refractivity contribution in [2.75, 3.05) is 19.0 Å². The van der Waals surface area contributed by atoms with Gasteiger partial charge in [0.15, 0.2) is 5.13 Å². The molecule has 4 heterocycles. The maximum Gasteiger partial charge on any atom is 0.408 e. The molecule has 2 saturated heterocycles. The third-order valence-corrected chi connectivity index (χ3v) is 15.8. The molecule has 4 N–H and O–H groups in total. The van der Waals surface area contributed by atoms with Gasteiger partial charge in [-0.3, -0.25) is 19.2 Å². The van der Waals surface area contributed by atoms with Gasteiger partial charge in [0.2, 0.25) is 15.9 Å². The number of sulfonamides is 1. The fraction of sp³-hybridized carbons (Fsp3) is 0.643. The third-order valence-electron chi connectivity index (χ3n) is 12.8. The second-order valence-electron chi connectivity index (χ2n) is 18.1. The summed E-state index contributed by atoms with van der Waals surface area (Å²) < 4.78 is 41.3. The van der Waals surface area contributed by atoms with Gasteiger partial charge in [-0.2, -0.15) is 0 Å². The van der Waals surface area contributed by atoms with E-state index in [1.165, 1.54) is 11.3 Å². The summed E-state index contributed by atoms with van der Waals surface area (Å²) in [5.74, 6) is -0.615. The van der Waals surface area contributed by atoms with Crippen molar-refractivity contribution in [2.45, 2.75) is 146 Å². The van der Waals surface area contributed by atoms with E-state index >= 15 is 4.79 Å². The zero-order valence-electron chi connectivity index (χ0n) is 34.5. The summed E-state index contributed by atoms with van der Waals surface area (Å²) in [4.78, 5) is 53.3. The molecule has 2 aromatic heterocycles. The van der Waals surface area contributed by atoms with Crippen LogP contribution in [0.25, 0.3) is 22.3 Å². The highest BCUT2D eigenvalue weighted by molar-refractivity contribution is 7.91. The lowest BCUT2D eigenvalue weighted by Crippen LogP contribution is -2.67. The van der Waals surface area contributed by atoms with Crippen LogP contribution in [0.3, 0.4) is 0 Å². The standard InChI is InChI=1S/C42H58N6O8S2/c1-26(2)43-37-45-33(25-57-37)32-21-34(30-16-15-28(55-6)20-31(30)44-32)56-29-23-42(39(3,4)5,48(24-29)38(51)52)36(50)46-41-22-27(41)14-12-10-8-7-9-11-13-17-40(18-19-40)58(53,54)47-35(41)49/h15-16,20-21,25-27,29H,7-14,17-19,22-24H2,1-6H3,(H,43,45)(H,46,50)(H,47,49)(H,51,52)/t27-,29-,41-,42+/m1/s1. The topological polar surface area (TPSA) is 189 Å². The lowest BCUT2D eigenvalue weighted by Gasteiger charge is -2.45. The van der Waals surface area contributed by atoms with Gasteiger partial charge in [-0.1, -0.05) is 65.7 Å². The van der Waals surface area contributed by atoms with E-state index in [2.05, 4.69) is 15.4 Å². The smallest absolute Gasteiger partial charge is 0.408 e. The maximum absolute atomic E-state index is 15.1. The monoisotopic (exact) mass is 838 g/mol. The first-order valence-corrected chi connectivity index (χ1v) is 23.1. The number of nitrogens with zero attached hydrogens (tertiary/aromatic N) is 3. The largest absolute Gasteiger partial charge is 0.497 e. The Hall–Kier alpha value is -4.18. The molecular weight excluding hydrogens is 781 g/mol. The van der Waals surface area contributed by atoms with Gasteiger partial charge in [0.1, 0.15) is 34.4 Å². The normalized spacial score (nSPS) is 27.2. The zero-order valence-corrected chi connectivity index (χ0v) is 36.1. The van der Waals surface area contributed by atoms with Crippen LogP contribution < -0.4 is 24.8 Å². The second kappa shape index (κ2) is 15.8. The number of carboxylic acid groups (broad SMARTS) is 1. The number of hydrogen-bond acceptors (Lipinski definition) is 11. The summed E-state index contributed by atoms with van der Waals surface area (Å²) in [6.45, 7) is 9.35. The number of carbonyl (C=O) groups excluding carboxylic acids is 2. The number of aromatic nitrogens is 2. The van der Waals surface area contributed by atoms with Crippen LogP contribution in [0.2, 0.25) is 0 Å². The first kappa shape index (κ1) is 42.0. The average Bonchev–Trinajstić information content (AvgIpc) is 3.99. The molecule has 4 aliphatic rings. The van der Waals surface area contributed by atoms with Crippen molar-refractivity contribution >= 4 is 55.3 Å². The van der Waals surface area contributed by atoms with Crippen molar-refractivity contribution in [1.29, 1.82) is 0 Å². The number of pyridine rings is 1. The predicted molar refractivity (Wildman–Crippen MR) is 224 cm³/mol. The minimum Gasteiger partial charge on any atom is -0.497 e. The van der Waals surface area contributed by atoms with Crippen molar-refractivity contribution in [1.82, 2.24) is 24.9 Å². The number of ether oxygens (including phenoxy) is 2. The van der Waals surface area contributed by atoms with Gasteiger partial charge in [0.05, 0.1) is 29.6 Å². The van der Waals surface area contributed by atoms with E-state index in [4.69, 9.17) is 19.4 Å². The van der Waals surface area contributed by atoms with Crippen LogP contribution in [0.5, 0.6) is 11.5 Å². The molecule has 14 nitrogen and oxygen atoms in total. The molecule has 1 spiro atoms. The molecule has 0 unspecified atom stereocenters. The fourth-order valence-electron chi connectivity index (χ4n) is 9.17. The van der Waals surface area contributed by atoms with E-state index < -0.39 is 55.3 Å². The minimum absolute atomic E-state index is 0.0210. The Kier molecular flexibility index (Phi) is 11.4. The van der Waals surface area contributed by atoms with Gasteiger partial charge in [-0.25, -0.2) is 23.2 Å². The van der Waals surface area contributed by atoms with Gasteiger partial charge in [-0.15, -0.1) is 11.3 Å². The first-order valence-electron chi connectivity index (χ1n) is 20.7. The number of benzene rings is 1. The molecule has 1 aromatic carbocycles. The van der Waals surface area contributed by atoms with Crippen LogP contribution >= 0.6 is 11.3 Å². The van der Waals surface area contributed by atoms with Crippen LogP contribution in [0.1, 0.15) is 118 Å². The van der Waals surface area contributed by atoms with Crippen LogP contribution in [-0.2, 0) is 19.6 Å². The number of amides is 3. The van der Waals surface area contributed by atoms with Crippen molar-refractivity contribution < 1.29 is 37.4 Å². The number of carbonyl (C=O) groups is 3. The van der Waals surface area contributed by atoms with E-state index in [1.807, 2.05) is 46.1 Å². The number of rotatable bonds is 8. The Labute approximate surface area is 345 Å². The van der Waals surface area contributed by atoms with Crippen molar-refractivity contribution in [2.24, 2.45) is 11.3 Å². The van der Waals surface area contributed by atoms with Crippen molar-refractivity contribution in [3.05, 3.63) is 29.6 Å². The summed E-state index contributed by atoms with van der Waals surface area (Å²) in [5.41, 5.74) is -2.37. The van der Waals surface area contributed by atoms with Gasteiger partial charge in [0.25, 0.3) is 5.91 Å². The minimum atomic E-state index is -4.01. The highest BCUT2D eigenvalue weighted by Gasteiger charge is 2.67. The first-order chi connectivity index (χ1) is 27.4. The number of fused-ring (bicyclic) bond motifs is 2. The molecule has 2 aliphatic heterocycles. The van der Waals surface area contributed by atoms with Crippen LogP contribution in [0.15, 0.2) is 29.6 Å². The summed E-state index contributed by atoms with van der Waals surface area (Å²) in [5, 5.41) is 20.4. The SMILES string of the molecule is COc1ccc2c(O[C@H]3CN(C(=O)O)[C@@](C(=O)N[C@]45C[C@H]4CCCCCCCCCC4(CC4)S(=O)(=O)NC5=O)(C(C)(C)C)C3)cc(-c3csc(NC(C)C)n3)nc2c1. The molecule has 2 aliphatic carbocycles. The lowest BCUT2D eigenvalue weighted by atomic mass is 9.70. The van der Waals surface area contributed by atoms with Gasteiger partial charge < -0.3 is 25.2 Å². The fourth-order valence-corrected chi connectivity index (χ4v) is 11.7. The quantitative estimate of drug-likeness (QED) is 0.176. The summed E-state index contributed by atoms with van der Waals surface area (Å²) >= 11 is 1.46. The molecule has 0 radical (unpaired) electrons. The van der Waals surface area contributed by atoms with E-state index in [0.717, 1.165) is 55.0 Å². The van der Waals surface area contributed by atoms with E-state index in [9.17, 15) is 23.1 Å². The molecule has 3 aromatic rings. The maximum atomic E-state index is 15.1. The van der Waals surface area contributed by atoms with Crippen molar-refractivity contribution in [3.63, 3.8) is 0 Å². The Morgan fingerprint density at radius 3 is 2.36 bits per heavy atom. The van der Waals surface area contributed by atoms with Gasteiger partial charge in [0, 0.05) is 35.4 Å². The van der Waals surface area contributed by atoms with Gasteiger partial charge >= 0.3 is 6.09 Å². The number of likely N-dealkylation sites (tertiary alicyclic amines) is 1. The zero-order chi connectivity index (χ0) is 41.7. The molecule has 316 valence electrons. The third kappa shape index (κ3) is 7.94. The molecular formula is C42H58N6O8S2. The Morgan fingerprint density at radius 1 is 1.00 bits per heavy atom. The highest BCUT2D eigenvalue weighted by Crippen LogP contribution is 2.52. The second-order valence-corrected chi connectivity index (χ2v) is 21.1. The van der Waals surface area contributed by atoms with Crippen LogP contribution in [-0.4, -0.2) is 87.9 Å². The Bertz CT molecular complexity index is 2160. The summed E-state index contributed by atoms with van der Waals surface area (Å²) in [7, 11) is -2.44. The van der Waals surface area contributed by atoms with Crippen LogP contribution in [0.4, 0.5) is 9.93 Å². The molecule has 16 heteroatoms. The highest BCUT2D eigenvalue weighted by atomic mass is 32.2. The van der Waals surface area contributed by atoms with Crippen LogP contribution in [0, 0.1) is 11.3 Å². The molecule has 4 atom stereocenters. The summed E-state index contributed by atoms with van der Waals surface area (Å²) in [6, 6.07) is 7.40. The Balaban J connectivity index is 1.21. The number of thiazole rings is 1. The number of hydrogen-bond donors (Lipinski definition) is 4. The Morgan fingerprint density at radius 2 is 1.71 bits per heavy atom. The van der Waals surface area contributed by atoms with E-state index in [1.54, 1.807) is 25.3 Å². The average molecular weight is 839 g/mol. The molecule has 7 rings (SSSR count). The lowest BCUT2D eigenvalue weighted by molar-refractivity contribution is -0.141. The summed E-state index contributed by atoms with van der Waals surface area (Å²) in [6.07, 6.45) is 7.11. The molecule has 0 bridgehead atoms. The van der Waals surface area contributed by atoms with E-state index in [-0.39, 0.29) is 31.3 Å². The number of anilines is 1. The number of methoxy groups -OCH3 is 1. The van der Waals surface area contributed by atoms with Crippen molar-refractivity contribution in [3.8, 4) is 22.9 Å². The predicted octanol–water partition coefficient (Wildman–Crippen LogP) is 7.48. The van der Waals surface area contributed by atoms with E-state index in [0.29, 0.717) is 59.5 Å². The molecule has 2 saturated carbocycles. The van der Waals surface area contributed by atoms with Gasteiger partial charge in [-0.05, 0) is 69.4 Å².